The Morgan fingerprint density at radius 1 is 1.16 bits per heavy atom. The third-order valence-corrected chi connectivity index (χ3v) is 8.34. The summed E-state index contributed by atoms with van der Waals surface area (Å²) in [6, 6.07) is 9.77. The number of likely N-dealkylation sites (tertiary alicyclic amines) is 1. The number of carbonyl (C=O) groups is 2. The van der Waals surface area contributed by atoms with Gasteiger partial charge in [0, 0.05) is 54.1 Å². The summed E-state index contributed by atoms with van der Waals surface area (Å²) >= 11 is 6.06. The maximum atomic E-state index is 13.2. The Labute approximate surface area is 270 Å². The number of esters is 1. The van der Waals surface area contributed by atoms with Crippen molar-refractivity contribution in [2.24, 2.45) is 4.99 Å². The summed E-state index contributed by atoms with van der Waals surface area (Å²) in [6.45, 7) is 10.8. The molecule has 12 heteroatoms. The molecule has 0 radical (unpaired) electrons. The Morgan fingerprint density at radius 3 is 2.69 bits per heavy atom. The third-order valence-electron chi connectivity index (χ3n) is 8.10. The van der Waals surface area contributed by atoms with Gasteiger partial charge in [-0.15, -0.1) is 0 Å². The molecule has 1 atom stereocenters. The topological polar surface area (TPSA) is 132 Å². The molecular weight excluding hydrogens is 592 g/mol. The number of aryl methyl sites for hydroxylation is 1. The number of nitrogens with zero attached hydrogens (tertiary/aromatic N) is 3. The summed E-state index contributed by atoms with van der Waals surface area (Å²) in [5, 5.41) is 16.2. The van der Waals surface area contributed by atoms with Crippen LogP contribution in [0.15, 0.2) is 52.8 Å². The van der Waals surface area contributed by atoms with Crippen LogP contribution < -0.4 is 26.6 Å². The van der Waals surface area contributed by atoms with Crippen LogP contribution >= 0.6 is 11.6 Å². The van der Waals surface area contributed by atoms with Crippen molar-refractivity contribution in [3.8, 4) is 0 Å². The average Bonchev–Trinajstić information content (AvgIpc) is 3.01. The van der Waals surface area contributed by atoms with E-state index in [1.165, 1.54) is 11.3 Å². The molecule has 5 N–H and O–H groups in total. The minimum atomic E-state index is -0.951. The van der Waals surface area contributed by atoms with E-state index in [0.717, 1.165) is 74.8 Å². The molecule has 0 aliphatic carbocycles. The summed E-state index contributed by atoms with van der Waals surface area (Å²) in [6.07, 6.45) is 5.00. The fourth-order valence-corrected chi connectivity index (χ4v) is 6.11. The number of aliphatic imine (C=N–C) groups is 1. The first-order valence-corrected chi connectivity index (χ1v) is 16.3. The lowest BCUT2D eigenvalue weighted by atomic mass is 9.91. The maximum absolute atomic E-state index is 13.2. The van der Waals surface area contributed by atoms with Crippen LogP contribution in [0.25, 0.3) is 0 Å². The van der Waals surface area contributed by atoms with Crippen LogP contribution in [0.4, 0.5) is 16.3 Å². The summed E-state index contributed by atoms with van der Waals surface area (Å²) in [4.78, 5) is 38.2. The molecule has 4 heterocycles. The highest BCUT2D eigenvalue weighted by molar-refractivity contribution is 6.30. The number of amidine groups is 1. The Bertz CT molecular complexity index is 1450. The van der Waals surface area contributed by atoms with E-state index >= 15 is 0 Å². The number of urea groups is 1. The second kappa shape index (κ2) is 14.4. The summed E-state index contributed by atoms with van der Waals surface area (Å²) in [7, 11) is 0. The standard InChI is InChI=1S/C33H45ClN8O3/c1-5-25-29(36-19-27(31(43)45-33(2,3)4)41-32(44)39-24-10-6-9-23(34)18-24)37-20-38-30(25)42-16-13-21(14-17-42)26-12-11-22-8-7-15-35-28(22)40-26/h6,9-12,18,21,27,36-37H,5,7-8,13-17,19-20H2,1-4H3,(H,35,40)(H2,39,41,44)/t27-/m0/s1. The molecule has 1 fully saturated rings. The zero-order chi connectivity index (χ0) is 32.0. The number of rotatable bonds is 8. The molecule has 5 rings (SSSR count). The number of fused-ring (bicyclic) bond motifs is 1. The highest BCUT2D eigenvalue weighted by atomic mass is 35.5. The van der Waals surface area contributed by atoms with Crippen molar-refractivity contribution in [2.45, 2.75) is 77.4 Å². The minimum Gasteiger partial charge on any atom is -0.458 e. The Kier molecular flexibility index (Phi) is 10.4. The van der Waals surface area contributed by atoms with Crippen LogP contribution in [-0.4, -0.2) is 72.2 Å². The lowest BCUT2D eigenvalue weighted by Crippen LogP contribution is -2.52. The molecule has 3 aliphatic heterocycles. The number of ether oxygens (including phenoxy) is 1. The van der Waals surface area contributed by atoms with E-state index in [0.29, 0.717) is 23.3 Å². The van der Waals surface area contributed by atoms with Gasteiger partial charge in [0.25, 0.3) is 0 Å². The number of nitrogens with one attached hydrogen (secondary N) is 5. The predicted molar refractivity (Wildman–Crippen MR) is 179 cm³/mol. The van der Waals surface area contributed by atoms with Gasteiger partial charge in [-0.2, -0.15) is 0 Å². The first-order valence-electron chi connectivity index (χ1n) is 15.9. The molecule has 1 aromatic heterocycles. The van der Waals surface area contributed by atoms with E-state index in [4.69, 9.17) is 26.3 Å². The van der Waals surface area contributed by atoms with E-state index in [-0.39, 0.29) is 6.54 Å². The van der Waals surface area contributed by atoms with Gasteiger partial charge >= 0.3 is 12.0 Å². The van der Waals surface area contributed by atoms with Gasteiger partial charge in [0.15, 0.2) is 0 Å². The molecule has 3 aliphatic rings. The molecular formula is C33H45ClN8O3. The monoisotopic (exact) mass is 636 g/mol. The van der Waals surface area contributed by atoms with Gasteiger partial charge in [-0.25, -0.2) is 19.6 Å². The van der Waals surface area contributed by atoms with E-state index < -0.39 is 23.6 Å². The van der Waals surface area contributed by atoms with Gasteiger partial charge in [0.1, 0.15) is 35.8 Å². The second-order valence-electron chi connectivity index (χ2n) is 12.6. The van der Waals surface area contributed by atoms with Gasteiger partial charge in [0.2, 0.25) is 0 Å². The normalized spacial score (nSPS) is 17.7. The molecule has 45 heavy (non-hydrogen) atoms. The van der Waals surface area contributed by atoms with Crippen molar-refractivity contribution in [1.82, 2.24) is 25.8 Å². The predicted octanol–water partition coefficient (Wildman–Crippen LogP) is 4.97. The largest absolute Gasteiger partial charge is 0.458 e. The average molecular weight is 637 g/mol. The van der Waals surface area contributed by atoms with Gasteiger partial charge in [-0.1, -0.05) is 30.7 Å². The van der Waals surface area contributed by atoms with Gasteiger partial charge < -0.3 is 36.2 Å². The number of piperidine rings is 1. The molecule has 242 valence electrons. The smallest absolute Gasteiger partial charge is 0.331 e. The van der Waals surface area contributed by atoms with E-state index in [1.54, 1.807) is 45.0 Å². The Morgan fingerprint density at radius 2 is 1.96 bits per heavy atom. The second-order valence-corrected chi connectivity index (χ2v) is 13.1. The van der Waals surface area contributed by atoms with Crippen molar-refractivity contribution < 1.29 is 14.3 Å². The van der Waals surface area contributed by atoms with E-state index in [1.807, 2.05) is 0 Å². The highest BCUT2D eigenvalue weighted by Crippen LogP contribution is 2.31. The number of benzene rings is 1. The lowest BCUT2D eigenvalue weighted by molar-refractivity contribution is -0.157. The SMILES string of the molecule is CCC1=C(NC[C@H](NC(=O)Nc2cccc(Cl)c2)C(=O)OC(C)(C)C)NCN=C1N1CCC(c2ccc3c(n2)NCCC3)CC1. The van der Waals surface area contributed by atoms with Crippen LogP contribution in [0.5, 0.6) is 0 Å². The first-order chi connectivity index (χ1) is 21.6. The number of hydrogen-bond donors (Lipinski definition) is 5. The van der Waals surface area contributed by atoms with Gasteiger partial charge in [0.05, 0.1) is 0 Å². The number of carbonyl (C=O) groups excluding carboxylic acids is 2. The molecule has 1 saturated heterocycles. The molecule has 2 aromatic rings. The molecule has 1 aromatic carbocycles. The third kappa shape index (κ3) is 8.59. The highest BCUT2D eigenvalue weighted by Gasteiger charge is 2.30. The molecule has 0 bridgehead atoms. The number of anilines is 2. The number of hydrogen-bond acceptors (Lipinski definition) is 9. The van der Waals surface area contributed by atoms with Gasteiger partial charge in [-0.05, 0) is 82.7 Å². The first kappa shape index (κ1) is 32.4. The zero-order valence-electron chi connectivity index (χ0n) is 26.6. The zero-order valence-corrected chi connectivity index (χ0v) is 27.4. The van der Waals surface area contributed by atoms with Gasteiger partial charge in [-0.3, -0.25) is 0 Å². The minimum absolute atomic E-state index is 0.122. The lowest BCUT2D eigenvalue weighted by Gasteiger charge is -2.37. The Hall–Kier alpha value is -3.99. The maximum Gasteiger partial charge on any atom is 0.331 e. The Balaban J connectivity index is 1.23. The molecule has 0 saturated carbocycles. The van der Waals surface area contributed by atoms with Crippen molar-refractivity contribution in [2.75, 3.05) is 43.5 Å². The fraction of sp³-hybridized carbons (Fsp3) is 0.515. The molecule has 2 amide bonds. The number of halogens is 1. The van der Waals surface area contributed by atoms with Crippen molar-refractivity contribution in [3.63, 3.8) is 0 Å². The summed E-state index contributed by atoms with van der Waals surface area (Å²) in [5.41, 5.74) is 3.33. The summed E-state index contributed by atoms with van der Waals surface area (Å²) < 4.78 is 5.64. The van der Waals surface area contributed by atoms with Crippen molar-refractivity contribution in [3.05, 3.63) is 64.1 Å². The van der Waals surface area contributed by atoms with Crippen molar-refractivity contribution in [1.29, 1.82) is 0 Å². The quantitative estimate of drug-likeness (QED) is 0.257. The van der Waals surface area contributed by atoms with Crippen LogP contribution in [-0.2, 0) is 16.0 Å². The number of amides is 2. The molecule has 11 nitrogen and oxygen atoms in total. The van der Waals surface area contributed by atoms with Crippen LogP contribution in [0.2, 0.25) is 5.02 Å². The van der Waals surface area contributed by atoms with E-state index in [9.17, 15) is 9.59 Å². The van der Waals surface area contributed by atoms with E-state index in [2.05, 4.69) is 50.5 Å². The number of pyridine rings is 1. The van der Waals surface area contributed by atoms with Crippen LogP contribution in [0.3, 0.4) is 0 Å². The molecule has 0 spiro atoms. The summed E-state index contributed by atoms with van der Waals surface area (Å²) in [5.74, 6) is 2.71. The number of aromatic nitrogens is 1. The van der Waals surface area contributed by atoms with Crippen LogP contribution in [0.1, 0.15) is 70.6 Å². The fourth-order valence-electron chi connectivity index (χ4n) is 5.92. The van der Waals surface area contributed by atoms with Crippen molar-refractivity contribution >= 4 is 40.9 Å². The molecule has 0 unspecified atom stereocenters. The van der Waals surface area contributed by atoms with Crippen LogP contribution in [0, 0.1) is 0 Å².